The van der Waals surface area contributed by atoms with Crippen molar-refractivity contribution in [1.29, 1.82) is 0 Å². The van der Waals surface area contributed by atoms with Crippen LogP contribution in [0.1, 0.15) is 43.7 Å². The molecule has 0 unspecified atom stereocenters. The Hall–Kier alpha value is -1.92. The van der Waals surface area contributed by atoms with Gasteiger partial charge >= 0.3 is 0 Å². The normalized spacial score (nSPS) is 24.1. The minimum absolute atomic E-state index is 0.637. The van der Waals surface area contributed by atoms with Crippen molar-refractivity contribution in [2.24, 2.45) is 17.0 Å². The van der Waals surface area contributed by atoms with Gasteiger partial charge in [0.25, 0.3) is 0 Å². The molecule has 1 saturated carbocycles. The molecule has 2 aromatic rings. The molecule has 1 aliphatic carbocycles. The van der Waals surface area contributed by atoms with Gasteiger partial charge in [-0.1, -0.05) is 23.7 Å². The van der Waals surface area contributed by atoms with E-state index < -0.39 is 5.54 Å². The van der Waals surface area contributed by atoms with Crippen LogP contribution in [0.5, 0.6) is 0 Å². The van der Waals surface area contributed by atoms with Gasteiger partial charge in [0.05, 0.1) is 6.20 Å². The summed E-state index contributed by atoms with van der Waals surface area (Å²) in [6.07, 6.45) is 8.19. The summed E-state index contributed by atoms with van der Waals surface area (Å²) in [5, 5.41) is 12.0. The van der Waals surface area contributed by atoms with Crippen molar-refractivity contribution in [1.82, 2.24) is 14.7 Å². The van der Waals surface area contributed by atoms with Gasteiger partial charge in [-0.15, -0.1) is 4.91 Å². The molecular weight excluding hydrogens is 386 g/mol. The lowest BCUT2D eigenvalue weighted by Gasteiger charge is -2.38. The lowest BCUT2D eigenvalue weighted by Crippen LogP contribution is -2.41. The Morgan fingerprint density at radius 3 is 2.72 bits per heavy atom. The van der Waals surface area contributed by atoms with Gasteiger partial charge in [0, 0.05) is 61.3 Å². The molecule has 0 radical (unpaired) electrons. The summed E-state index contributed by atoms with van der Waals surface area (Å²) in [6, 6.07) is 5.65. The number of aromatic nitrogens is 2. The lowest BCUT2D eigenvalue weighted by atomic mass is 9.76. The molecule has 156 valence electrons. The second kappa shape index (κ2) is 8.44. The van der Waals surface area contributed by atoms with Gasteiger partial charge in [-0.2, -0.15) is 5.10 Å². The first kappa shape index (κ1) is 20.4. The molecule has 1 N–H and O–H groups in total. The van der Waals surface area contributed by atoms with Crippen molar-refractivity contribution >= 4 is 17.3 Å². The summed E-state index contributed by atoms with van der Waals surface area (Å²) in [5.74, 6) is 1.66. The fourth-order valence-electron chi connectivity index (χ4n) is 4.94. The minimum Gasteiger partial charge on any atom is -0.388 e. The predicted octanol–water partition coefficient (Wildman–Crippen LogP) is 4.88. The van der Waals surface area contributed by atoms with Gasteiger partial charge in [-0.25, -0.2) is 0 Å². The summed E-state index contributed by atoms with van der Waals surface area (Å²) in [7, 11) is 1.86. The maximum atomic E-state index is 11.9. The summed E-state index contributed by atoms with van der Waals surface area (Å²) >= 11 is 6.22. The Morgan fingerprint density at radius 2 is 2.07 bits per heavy atom. The van der Waals surface area contributed by atoms with E-state index in [1.165, 1.54) is 18.4 Å². The average molecular weight is 416 g/mol. The molecule has 0 amide bonds. The third-order valence-electron chi connectivity index (χ3n) is 6.62. The maximum absolute atomic E-state index is 11.9. The second-order valence-electron chi connectivity index (χ2n) is 8.85. The zero-order valence-electron chi connectivity index (χ0n) is 17.3. The Kier molecular flexibility index (Phi) is 5.93. The van der Waals surface area contributed by atoms with E-state index in [-0.39, 0.29) is 0 Å². The van der Waals surface area contributed by atoms with E-state index in [1.54, 1.807) is 0 Å². The maximum Gasteiger partial charge on any atom is 0.132 e. The number of hydrogen-bond acceptors (Lipinski definition) is 5. The van der Waals surface area contributed by atoms with E-state index >= 15 is 0 Å². The zero-order valence-corrected chi connectivity index (χ0v) is 18.0. The van der Waals surface area contributed by atoms with Gasteiger partial charge in [-0.3, -0.25) is 9.58 Å². The third kappa shape index (κ3) is 4.33. The molecule has 0 atom stereocenters. The topological polar surface area (TPSA) is 62.5 Å². The molecule has 29 heavy (non-hydrogen) atoms. The van der Waals surface area contributed by atoms with E-state index in [9.17, 15) is 4.91 Å². The summed E-state index contributed by atoms with van der Waals surface area (Å²) in [6.45, 7) is 5.87. The minimum atomic E-state index is -0.717. The van der Waals surface area contributed by atoms with Gasteiger partial charge in [0.15, 0.2) is 0 Å². The van der Waals surface area contributed by atoms with Crippen LogP contribution in [0.4, 0.5) is 5.69 Å². The highest BCUT2D eigenvalue weighted by molar-refractivity contribution is 6.30. The first-order valence-electron chi connectivity index (χ1n) is 10.6. The van der Waals surface area contributed by atoms with Crippen LogP contribution in [0, 0.1) is 16.7 Å². The Morgan fingerprint density at radius 1 is 1.31 bits per heavy atom. The molecule has 2 fully saturated rings. The Balaban J connectivity index is 1.38. The van der Waals surface area contributed by atoms with Crippen LogP contribution in [-0.4, -0.2) is 34.8 Å². The van der Waals surface area contributed by atoms with Gasteiger partial charge in [0.1, 0.15) is 5.54 Å². The number of rotatable bonds is 7. The molecule has 4 rings (SSSR count). The molecule has 1 aromatic carbocycles. The first-order valence-corrected chi connectivity index (χ1v) is 10.9. The standard InChI is InChI=1S/C22H30ClN5O/c1-16-9-17(10-16)14-28-15-18(12-25-28)13-27-7-5-22(26-29,6-8-27)20-11-19(23)3-4-21(20)24-2/h3-4,11-12,15-17,24H,5-10,13-14H2,1-2H3. The summed E-state index contributed by atoms with van der Waals surface area (Å²) in [4.78, 5) is 14.3. The van der Waals surface area contributed by atoms with Crippen molar-refractivity contribution in [3.63, 3.8) is 0 Å². The molecule has 6 nitrogen and oxygen atoms in total. The van der Waals surface area contributed by atoms with Gasteiger partial charge in [-0.05, 0) is 55.7 Å². The molecule has 0 spiro atoms. The molecule has 1 saturated heterocycles. The SMILES string of the molecule is CNc1ccc(Cl)cc1C1(N=O)CCN(Cc2cnn(CC3CC(C)C3)c2)CC1. The van der Waals surface area contributed by atoms with Crippen LogP contribution in [0.2, 0.25) is 5.02 Å². The van der Waals surface area contributed by atoms with E-state index in [1.807, 2.05) is 31.4 Å². The number of halogens is 1. The van der Waals surface area contributed by atoms with Crippen molar-refractivity contribution in [3.8, 4) is 0 Å². The highest BCUT2D eigenvalue weighted by Crippen LogP contribution is 2.41. The van der Waals surface area contributed by atoms with Crippen LogP contribution in [0.15, 0.2) is 35.8 Å². The number of hydrogen-bond donors (Lipinski definition) is 1. The number of nitroso groups, excluding NO2 is 1. The highest BCUT2D eigenvalue weighted by atomic mass is 35.5. The average Bonchev–Trinajstić information content (AvgIpc) is 3.14. The fourth-order valence-corrected chi connectivity index (χ4v) is 5.11. The fraction of sp³-hybridized carbons (Fsp3) is 0.591. The summed E-state index contributed by atoms with van der Waals surface area (Å²) < 4.78 is 2.10. The molecule has 7 heteroatoms. The monoisotopic (exact) mass is 415 g/mol. The number of piperidine rings is 1. The zero-order chi connectivity index (χ0) is 20.4. The number of anilines is 1. The number of likely N-dealkylation sites (tertiary alicyclic amines) is 1. The van der Waals surface area contributed by atoms with Crippen LogP contribution >= 0.6 is 11.6 Å². The van der Waals surface area contributed by atoms with E-state index in [0.717, 1.165) is 49.3 Å². The summed E-state index contributed by atoms with van der Waals surface area (Å²) in [5.41, 5.74) is 2.35. The third-order valence-corrected chi connectivity index (χ3v) is 6.85. The number of nitrogens with one attached hydrogen (secondary N) is 1. The van der Waals surface area contributed by atoms with Gasteiger partial charge in [0.2, 0.25) is 0 Å². The quantitative estimate of drug-likeness (QED) is 0.654. The lowest BCUT2D eigenvalue weighted by molar-refractivity contribution is 0.156. The molecule has 0 bridgehead atoms. The van der Waals surface area contributed by atoms with E-state index in [2.05, 4.69) is 38.3 Å². The van der Waals surface area contributed by atoms with Crippen molar-refractivity contribution in [2.75, 3.05) is 25.5 Å². The first-order chi connectivity index (χ1) is 14.0. The van der Waals surface area contributed by atoms with Crippen LogP contribution < -0.4 is 5.32 Å². The van der Waals surface area contributed by atoms with Crippen molar-refractivity contribution < 1.29 is 0 Å². The second-order valence-corrected chi connectivity index (χ2v) is 9.29. The van der Waals surface area contributed by atoms with Crippen molar-refractivity contribution in [2.45, 2.75) is 51.2 Å². The smallest absolute Gasteiger partial charge is 0.132 e. The predicted molar refractivity (Wildman–Crippen MR) is 117 cm³/mol. The van der Waals surface area contributed by atoms with Crippen LogP contribution in [0.25, 0.3) is 0 Å². The van der Waals surface area contributed by atoms with E-state index in [0.29, 0.717) is 17.9 Å². The van der Waals surface area contributed by atoms with E-state index in [4.69, 9.17) is 11.6 Å². The number of nitrogens with zero attached hydrogens (tertiary/aromatic N) is 4. The Labute approximate surface area is 177 Å². The number of benzene rings is 1. The molecule has 2 aliphatic rings. The molecule has 1 aliphatic heterocycles. The molecule has 2 heterocycles. The van der Waals surface area contributed by atoms with Crippen LogP contribution in [-0.2, 0) is 18.6 Å². The Bertz CT molecular complexity index is 853. The molecular formula is C22H30ClN5O. The molecule has 1 aromatic heterocycles. The van der Waals surface area contributed by atoms with Gasteiger partial charge < -0.3 is 5.32 Å². The van der Waals surface area contributed by atoms with Crippen molar-refractivity contribution in [3.05, 3.63) is 51.6 Å². The van der Waals surface area contributed by atoms with Crippen LogP contribution in [0.3, 0.4) is 0 Å². The highest BCUT2D eigenvalue weighted by Gasteiger charge is 2.39. The largest absolute Gasteiger partial charge is 0.388 e.